The summed E-state index contributed by atoms with van der Waals surface area (Å²) in [6.45, 7) is 15.7. The molecule has 4 atom stereocenters. The largest absolute Gasteiger partial charge is 0.313 e. The van der Waals surface area contributed by atoms with Crippen LogP contribution in [0.25, 0.3) is 0 Å². The minimum absolute atomic E-state index is 0.469. The third kappa shape index (κ3) is 3.98. The fourth-order valence-corrected chi connectivity index (χ4v) is 4.36. The van der Waals surface area contributed by atoms with Crippen LogP contribution < -0.4 is 5.32 Å². The average Bonchev–Trinajstić information content (AvgIpc) is 2.38. The van der Waals surface area contributed by atoms with Gasteiger partial charge in [-0.1, -0.05) is 34.6 Å². The van der Waals surface area contributed by atoms with Crippen LogP contribution in [0.2, 0.25) is 0 Å². The van der Waals surface area contributed by atoms with Crippen LogP contribution in [0, 0.1) is 17.3 Å². The Bertz CT molecular complexity index is 294. The first kappa shape index (κ1) is 16.3. The van der Waals surface area contributed by atoms with Crippen LogP contribution in [0.1, 0.15) is 66.7 Å². The molecule has 0 spiro atoms. The fraction of sp³-hybridized carbons (Fsp3) is 1.00. The molecule has 1 saturated heterocycles. The van der Waals surface area contributed by atoms with Crippen molar-refractivity contribution < 1.29 is 0 Å². The lowest BCUT2D eigenvalue weighted by Crippen LogP contribution is -2.56. The molecule has 0 bridgehead atoms. The summed E-state index contributed by atoms with van der Waals surface area (Å²) < 4.78 is 0. The van der Waals surface area contributed by atoms with Crippen LogP contribution in [-0.2, 0) is 0 Å². The van der Waals surface area contributed by atoms with E-state index in [1.807, 2.05) is 0 Å². The lowest BCUT2D eigenvalue weighted by atomic mass is 9.69. The van der Waals surface area contributed by atoms with Crippen molar-refractivity contribution in [3.8, 4) is 0 Å². The minimum atomic E-state index is 0.469. The third-order valence-electron chi connectivity index (χ3n) is 5.67. The number of hydrogen-bond acceptors (Lipinski definition) is 2. The normalized spacial score (nSPS) is 37.0. The van der Waals surface area contributed by atoms with E-state index in [0.717, 1.165) is 30.5 Å². The summed E-state index contributed by atoms with van der Waals surface area (Å²) in [6.07, 6.45) is 6.99. The molecule has 2 nitrogen and oxygen atoms in total. The van der Waals surface area contributed by atoms with E-state index < -0.39 is 0 Å². The molecule has 1 heterocycles. The smallest absolute Gasteiger partial charge is 0.0252 e. The van der Waals surface area contributed by atoms with Crippen molar-refractivity contribution in [2.24, 2.45) is 17.3 Å². The molecule has 118 valence electrons. The van der Waals surface area contributed by atoms with E-state index >= 15 is 0 Å². The van der Waals surface area contributed by atoms with E-state index in [1.54, 1.807) is 0 Å². The molecule has 2 rings (SSSR count). The molecule has 0 aromatic rings. The number of likely N-dealkylation sites (N-methyl/N-ethyl adjacent to an activating group) is 1. The molecule has 0 amide bonds. The van der Waals surface area contributed by atoms with E-state index in [0.29, 0.717) is 5.41 Å². The summed E-state index contributed by atoms with van der Waals surface area (Å²) in [5.74, 6) is 1.78. The van der Waals surface area contributed by atoms with Crippen molar-refractivity contribution in [2.45, 2.75) is 78.8 Å². The quantitative estimate of drug-likeness (QED) is 0.843. The topological polar surface area (TPSA) is 15.3 Å². The second kappa shape index (κ2) is 6.79. The zero-order valence-electron chi connectivity index (χ0n) is 14.4. The van der Waals surface area contributed by atoms with E-state index in [4.69, 9.17) is 0 Å². The third-order valence-corrected chi connectivity index (χ3v) is 5.67. The average molecular weight is 280 g/mol. The molecule has 1 N–H and O–H groups in total. The Labute approximate surface area is 126 Å². The molecule has 0 radical (unpaired) electrons. The Morgan fingerprint density at radius 1 is 1.15 bits per heavy atom. The first-order valence-electron chi connectivity index (χ1n) is 8.89. The summed E-state index contributed by atoms with van der Waals surface area (Å²) in [6, 6.07) is 1.50. The fourth-order valence-electron chi connectivity index (χ4n) is 4.36. The van der Waals surface area contributed by atoms with Crippen molar-refractivity contribution >= 4 is 0 Å². The molecule has 2 fully saturated rings. The van der Waals surface area contributed by atoms with Gasteiger partial charge in [-0.15, -0.1) is 0 Å². The predicted molar refractivity (Wildman–Crippen MR) is 88.0 cm³/mol. The number of nitrogens with zero attached hydrogens (tertiary/aromatic N) is 1. The lowest BCUT2D eigenvalue weighted by Gasteiger charge is -2.48. The highest BCUT2D eigenvalue weighted by molar-refractivity contribution is 4.95. The van der Waals surface area contributed by atoms with Gasteiger partial charge in [0.25, 0.3) is 0 Å². The maximum atomic E-state index is 3.78. The number of nitrogens with one attached hydrogen (secondary N) is 1. The zero-order chi connectivity index (χ0) is 14.8. The molecule has 2 heteroatoms. The van der Waals surface area contributed by atoms with Gasteiger partial charge in [-0.2, -0.15) is 0 Å². The number of likely N-dealkylation sites (tertiary alicyclic amines) is 1. The predicted octanol–water partition coefficient (Wildman–Crippen LogP) is 3.91. The highest BCUT2D eigenvalue weighted by Crippen LogP contribution is 2.40. The highest BCUT2D eigenvalue weighted by Gasteiger charge is 2.38. The van der Waals surface area contributed by atoms with Crippen molar-refractivity contribution in [3.05, 3.63) is 0 Å². The summed E-state index contributed by atoms with van der Waals surface area (Å²) in [5, 5.41) is 3.78. The van der Waals surface area contributed by atoms with Crippen LogP contribution in [-0.4, -0.2) is 36.6 Å². The van der Waals surface area contributed by atoms with Gasteiger partial charge in [-0.05, 0) is 62.4 Å². The van der Waals surface area contributed by atoms with Gasteiger partial charge in [-0.3, -0.25) is 4.90 Å². The van der Waals surface area contributed by atoms with E-state index in [9.17, 15) is 0 Å². The lowest BCUT2D eigenvalue weighted by molar-refractivity contribution is 0.0360. The van der Waals surface area contributed by atoms with Gasteiger partial charge in [0.1, 0.15) is 0 Å². The first-order valence-corrected chi connectivity index (χ1v) is 8.89. The molecule has 1 aliphatic heterocycles. The van der Waals surface area contributed by atoms with Gasteiger partial charge in [-0.25, -0.2) is 0 Å². The molecule has 0 aromatic carbocycles. The van der Waals surface area contributed by atoms with Crippen molar-refractivity contribution in [2.75, 3.05) is 19.6 Å². The zero-order valence-corrected chi connectivity index (χ0v) is 14.4. The van der Waals surface area contributed by atoms with Gasteiger partial charge in [0.05, 0.1) is 0 Å². The van der Waals surface area contributed by atoms with Gasteiger partial charge in [0.2, 0.25) is 0 Å². The van der Waals surface area contributed by atoms with Crippen LogP contribution in [0.15, 0.2) is 0 Å². The monoisotopic (exact) mass is 280 g/mol. The standard InChI is InChI=1S/C18H36N2/c1-6-19-16-10-9-15(18(3,4)5)12-17(16)20-11-7-8-14(2)13-20/h14-17,19H,6-13H2,1-5H3. The van der Waals surface area contributed by atoms with Crippen LogP contribution in [0.5, 0.6) is 0 Å². The molecule has 1 aliphatic carbocycles. The Morgan fingerprint density at radius 2 is 1.90 bits per heavy atom. The number of piperidine rings is 1. The Kier molecular flexibility index (Phi) is 5.53. The maximum Gasteiger partial charge on any atom is 0.0252 e. The first-order chi connectivity index (χ1) is 9.41. The molecular formula is C18H36N2. The molecular weight excluding hydrogens is 244 g/mol. The SMILES string of the molecule is CCNC1CCC(C(C)(C)C)CC1N1CCCC(C)C1. The van der Waals surface area contributed by atoms with Crippen LogP contribution in [0.4, 0.5) is 0 Å². The van der Waals surface area contributed by atoms with Crippen LogP contribution >= 0.6 is 0 Å². The molecule has 2 aliphatic rings. The number of rotatable bonds is 3. The van der Waals surface area contributed by atoms with Gasteiger partial charge < -0.3 is 5.32 Å². The summed E-state index contributed by atoms with van der Waals surface area (Å²) in [5.41, 5.74) is 0.469. The Morgan fingerprint density at radius 3 is 2.50 bits per heavy atom. The second-order valence-electron chi connectivity index (χ2n) is 8.35. The van der Waals surface area contributed by atoms with Crippen LogP contribution in [0.3, 0.4) is 0 Å². The molecule has 4 unspecified atom stereocenters. The van der Waals surface area contributed by atoms with E-state index in [-0.39, 0.29) is 0 Å². The summed E-state index contributed by atoms with van der Waals surface area (Å²) in [7, 11) is 0. The Hall–Kier alpha value is -0.0800. The Balaban J connectivity index is 2.06. The van der Waals surface area contributed by atoms with Gasteiger partial charge in [0.15, 0.2) is 0 Å². The van der Waals surface area contributed by atoms with Crippen molar-refractivity contribution in [3.63, 3.8) is 0 Å². The van der Waals surface area contributed by atoms with E-state index in [2.05, 4.69) is 44.8 Å². The maximum absolute atomic E-state index is 3.78. The van der Waals surface area contributed by atoms with Gasteiger partial charge >= 0.3 is 0 Å². The minimum Gasteiger partial charge on any atom is -0.313 e. The van der Waals surface area contributed by atoms with Crippen molar-refractivity contribution in [1.82, 2.24) is 10.2 Å². The van der Waals surface area contributed by atoms with Gasteiger partial charge in [0, 0.05) is 18.6 Å². The second-order valence-corrected chi connectivity index (χ2v) is 8.35. The highest BCUT2D eigenvalue weighted by atomic mass is 15.2. The van der Waals surface area contributed by atoms with E-state index in [1.165, 1.54) is 45.2 Å². The summed E-state index contributed by atoms with van der Waals surface area (Å²) >= 11 is 0. The molecule has 1 saturated carbocycles. The summed E-state index contributed by atoms with van der Waals surface area (Å²) in [4.78, 5) is 2.82. The number of hydrogen-bond donors (Lipinski definition) is 1. The van der Waals surface area contributed by atoms with Crippen molar-refractivity contribution in [1.29, 1.82) is 0 Å². The molecule has 0 aromatic heterocycles. The molecule has 20 heavy (non-hydrogen) atoms.